The van der Waals surface area contributed by atoms with Gasteiger partial charge in [0.25, 0.3) is 0 Å². The normalized spacial score (nSPS) is 14.9. The average Bonchev–Trinajstić information content (AvgIpc) is 3.16. The minimum Gasteiger partial charge on any atom is -0.387 e. The van der Waals surface area contributed by atoms with Crippen molar-refractivity contribution in [1.29, 1.82) is 0 Å². The Kier molecular flexibility index (Phi) is 38.4. The lowest BCUT2D eigenvalue weighted by Gasteiger charge is -2.25. The minimum atomic E-state index is -4.35. The van der Waals surface area contributed by atoms with Crippen molar-refractivity contribution in [3.63, 3.8) is 0 Å². The quantitative estimate of drug-likeness (QED) is 0.0245. The third-order valence-electron chi connectivity index (χ3n) is 9.95. The molecule has 0 aromatic carbocycles. The van der Waals surface area contributed by atoms with E-state index in [1.165, 1.54) is 109 Å². The molecule has 1 amide bonds. The molecule has 0 radical (unpaired) electrons. The number of aliphatic hydroxyl groups is 1. The van der Waals surface area contributed by atoms with Crippen molar-refractivity contribution < 1.29 is 32.9 Å². The van der Waals surface area contributed by atoms with Gasteiger partial charge in [0.1, 0.15) is 13.2 Å². The monoisotopic (exact) mass is 822 g/mol. The second kappa shape index (κ2) is 39.6. The van der Waals surface area contributed by atoms with E-state index in [1.54, 1.807) is 6.08 Å². The molecule has 0 bridgehead atoms. The zero-order chi connectivity index (χ0) is 42.1. The van der Waals surface area contributed by atoms with Crippen LogP contribution in [0.2, 0.25) is 0 Å². The van der Waals surface area contributed by atoms with Crippen LogP contribution in [0.25, 0.3) is 0 Å². The van der Waals surface area contributed by atoms with Crippen molar-refractivity contribution >= 4 is 13.7 Å². The van der Waals surface area contributed by atoms with E-state index in [1.807, 2.05) is 27.2 Å². The maximum Gasteiger partial charge on any atom is 0.472 e. The first-order valence-corrected chi connectivity index (χ1v) is 24.7. The summed E-state index contributed by atoms with van der Waals surface area (Å²) in [4.78, 5) is 23.1. The van der Waals surface area contributed by atoms with Crippen LogP contribution in [-0.4, -0.2) is 73.4 Å². The van der Waals surface area contributed by atoms with Crippen LogP contribution in [-0.2, 0) is 18.4 Å². The van der Waals surface area contributed by atoms with Gasteiger partial charge >= 0.3 is 7.82 Å². The molecular formula is C48H90N2O6P+. The highest BCUT2D eigenvalue weighted by molar-refractivity contribution is 7.47. The van der Waals surface area contributed by atoms with Crippen LogP contribution in [0, 0.1) is 0 Å². The van der Waals surface area contributed by atoms with E-state index in [9.17, 15) is 19.4 Å². The van der Waals surface area contributed by atoms with Gasteiger partial charge < -0.3 is 19.8 Å². The number of nitrogens with one attached hydrogen (secondary N) is 1. The van der Waals surface area contributed by atoms with Gasteiger partial charge in [-0.1, -0.05) is 171 Å². The molecular weight excluding hydrogens is 732 g/mol. The van der Waals surface area contributed by atoms with Crippen molar-refractivity contribution in [3.05, 3.63) is 60.8 Å². The van der Waals surface area contributed by atoms with Gasteiger partial charge in [-0.05, 0) is 70.6 Å². The molecule has 3 unspecified atom stereocenters. The number of amides is 1. The van der Waals surface area contributed by atoms with Gasteiger partial charge in [-0.25, -0.2) is 4.57 Å². The van der Waals surface area contributed by atoms with E-state index in [0.29, 0.717) is 17.4 Å². The number of allylic oxidation sites excluding steroid dienone is 9. The second-order valence-electron chi connectivity index (χ2n) is 16.7. The molecule has 57 heavy (non-hydrogen) atoms. The highest BCUT2D eigenvalue weighted by atomic mass is 31.2. The summed E-state index contributed by atoms with van der Waals surface area (Å²) in [6, 6.07) is -0.870. The zero-order valence-corrected chi connectivity index (χ0v) is 38.5. The Bertz CT molecular complexity index is 1110. The number of likely N-dealkylation sites (N-methyl/N-ethyl adjacent to an activating group) is 1. The fourth-order valence-corrected chi connectivity index (χ4v) is 7.02. The number of phosphoric acid groups is 1. The Labute approximate surface area is 351 Å². The molecule has 0 spiro atoms. The van der Waals surface area contributed by atoms with Crippen LogP contribution < -0.4 is 5.32 Å². The fraction of sp³-hybridized carbons (Fsp3) is 0.771. The maximum atomic E-state index is 12.9. The molecule has 0 saturated carbocycles. The smallest absolute Gasteiger partial charge is 0.387 e. The number of nitrogens with zero attached hydrogens (tertiary/aromatic N) is 1. The molecule has 0 aromatic rings. The molecule has 3 atom stereocenters. The molecule has 0 rings (SSSR count). The Morgan fingerprint density at radius 1 is 0.614 bits per heavy atom. The van der Waals surface area contributed by atoms with Crippen LogP contribution in [0.3, 0.4) is 0 Å². The fourth-order valence-electron chi connectivity index (χ4n) is 6.29. The van der Waals surface area contributed by atoms with Gasteiger partial charge in [0.2, 0.25) is 5.91 Å². The van der Waals surface area contributed by atoms with Crippen LogP contribution >= 0.6 is 7.82 Å². The van der Waals surface area contributed by atoms with Gasteiger partial charge in [-0.3, -0.25) is 13.8 Å². The Morgan fingerprint density at radius 3 is 1.60 bits per heavy atom. The highest BCUT2D eigenvalue weighted by Gasteiger charge is 2.27. The van der Waals surface area contributed by atoms with Gasteiger partial charge in [0.05, 0.1) is 39.9 Å². The maximum absolute atomic E-state index is 12.9. The van der Waals surface area contributed by atoms with Crippen molar-refractivity contribution in [2.75, 3.05) is 40.9 Å². The van der Waals surface area contributed by atoms with E-state index in [-0.39, 0.29) is 19.1 Å². The Hall–Kier alpha value is -1.80. The molecule has 0 aliphatic carbocycles. The molecule has 0 aromatic heterocycles. The summed E-state index contributed by atoms with van der Waals surface area (Å²) in [5.41, 5.74) is 0. The van der Waals surface area contributed by atoms with Crippen LogP contribution in [0.4, 0.5) is 0 Å². The second-order valence-corrected chi connectivity index (χ2v) is 18.2. The van der Waals surface area contributed by atoms with Crippen molar-refractivity contribution in [1.82, 2.24) is 5.32 Å². The number of hydrogen-bond donors (Lipinski definition) is 3. The SMILES string of the molecule is CC/C=C\C/C=C\CCCCCCCCCCCCCCCCC(=O)NC(COP(=O)(O)OCC[N+](C)(C)C)C(O)/C=C/CC/C=C/CC/C=C/CCCCCC. The molecule has 332 valence electrons. The molecule has 8 nitrogen and oxygen atoms in total. The summed E-state index contributed by atoms with van der Waals surface area (Å²) in [5.74, 6) is -0.194. The standard InChI is InChI=1S/C48H89N2O6P/c1-6-8-10-12-14-16-18-20-22-23-24-25-26-27-28-30-32-34-36-38-40-42-48(52)49-46(45-56-57(53,54)55-44-43-50(3,4)5)47(51)41-39-37-35-33-31-29-21-19-17-15-13-11-9-7-2/h8,10,14,16-17,19,31,33,39,41,46-47,51H,6-7,9,11-13,15,18,20-30,32,34-38,40,42-45H2,1-5H3,(H-,49,52,53,54)/p+1/b10-8-,16-14-,19-17+,33-31+,41-39+. The summed E-state index contributed by atoms with van der Waals surface area (Å²) < 4.78 is 23.5. The number of carbonyl (C=O) groups is 1. The van der Waals surface area contributed by atoms with Crippen LogP contribution in [0.5, 0.6) is 0 Å². The van der Waals surface area contributed by atoms with Gasteiger partial charge in [0, 0.05) is 6.42 Å². The van der Waals surface area contributed by atoms with E-state index < -0.39 is 20.0 Å². The van der Waals surface area contributed by atoms with Crippen LogP contribution in [0.1, 0.15) is 187 Å². The molecule has 0 aliphatic rings. The summed E-state index contributed by atoms with van der Waals surface area (Å²) >= 11 is 0. The first-order valence-electron chi connectivity index (χ1n) is 23.2. The molecule has 0 heterocycles. The summed E-state index contributed by atoms with van der Waals surface area (Å²) in [6.45, 7) is 4.65. The first kappa shape index (κ1) is 55.2. The van der Waals surface area contributed by atoms with Gasteiger partial charge in [0.15, 0.2) is 0 Å². The van der Waals surface area contributed by atoms with Crippen molar-refractivity contribution in [2.45, 2.75) is 199 Å². The number of rotatable bonds is 41. The average molecular weight is 822 g/mol. The Balaban J connectivity index is 4.38. The summed E-state index contributed by atoms with van der Waals surface area (Å²) in [5, 5.41) is 13.8. The van der Waals surface area contributed by atoms with E-state index in [2.05, 4.69) is 67.8 Å². The third-order valence-corrected chi connectivity index (χ3v) is 10.9. The van der Waals surface area contributed by atoms with E-state index in [0.717, 1.165) is 57.8 Å². The number of hydrogen-bond acceptors (Lipinski definition) is 5. The summed E-state index contributed by atoms with van der Waals surface area (Å²) in [7, 11) is 1.54. The summed E-state index contributed by atoms with van der Waals surface area (Å²) in [6.07, 6.45) is 51.5. The number of carbonyl (C=O) groups excluding carboxylic acids is 1. The topological polar surface area (TPSA) is 105 Å². The zero-order valence-electron chi connectivity index (χ0n) is 37.6. The lowest BCUT2D eigenvalue weighted by atomic mass is 10.0. The first-order chi connectivity index (χ1) is 27.5. The molecule has 9 heteroatoms. The largest absolute Gasteiger partial charge is 0.472 e. The van der Waals surface area contributed by atoms with Crippen molar-refractivity contribution in [3.8, 4) is 0 Å². The molecule has 0 saturated heterocycles. The van der Waals surface area contributed by atoms with E-state index in [4.69, 9.17) is 9.05 Å². The highest BCUT2D eigenvalue weighted by Crippen LogP contribution is 2.43. The van der Waals surface area contributed by atoms with Gasteiger partial charge in [-0.2, -0.15) is 0 Å². The number of phosphoric ester groups is 1. The van der Waals surface area contributed by atoms with E-state index >= 15 is 0 Å². The molecule has 0 aliphatic heterocycles. The van der Waals surface area contributed by atoms with Crippen LogP contribution in [0.15, 0.2) is 60.8 Å². The predicted molar refractivity (Wildman–Crippen MR) is 244 cm³/mol. The number of unbranched alkanes of at least 4 members (excludes halogenated alkanes) is 20. The number of quaternary nitrogens is 1. The predicted octanol–water partition coefficient (Wildman–Crippen LogP) is 13.0. The molecule has 0 fully saturated rings. The third kappa shape index (κ3) is 42.1. The van der Waals surface area contributed by atoms with Gasteiger partial charge in [-0.15, -0.1) is 0 Å². The number of aliphatic hydroxyl groups excluding tert-OH is 1. The lowest BCUT2D eigenvalue weighted by Crippen LogP contribution is -2.45. The molecule has 3 N–H and O–H groups in total. The minimum absolute atomic E-state index is 0.0519. The van der Waals surface area contributed by atoms with Crippen molar-refractivity contribution in [2.24, 2.45) is 0 Å². The Morgan fingerprint density at radius 2 is 1.07 bits per heavy atom. The lowest BCUT2D eigenvalue weighted by molar-refractivity contribution is -0.870.